The first-order chi connectivity index (χ1) is 15.9. The highest BCUT2D eigenvalue weighted by Crippen LogP contribution is 2.25. The molecule has 0 radical (unpaired) electrons. The number of H-pyrrole nitrogens is 1. The van der Waals surface area contributed by atoms with Gasteiger partial charge in [0.25, 0.3) is 5.56 Å². The van der Waals surface area contributed by atoms with Crippen LogP contribution in [0.3, 0.4) is 0 Å². The van der Waals surface area contributed by atoms with Gasteiger partial charge in [0.15, 0.2) is 11.6 Å². The molecule has 4 aromatic rings. The Hall–Kier alpha value is -3.33. The van der Waals surface area contributed by atoms with Gasteiger partial charge in [-0.25, -0.2) is 4.39 Å². The minimum absolute atomic E-state index is 0.00470. The summed E-state index contributed by atoms with van der Waals surface area (Å²) in [6, 6.07) is 18.0. The van der Waals surface area contributed by atoms with Gasteiger partial charge in [0, 0.05) is 16.5 Å². The largest absolute Gasteiger partial charge is 0.454 e. The van der Waals surface area contributed by atoms with Crippen molar-refractivity contribution in [3.8, 4) is 11.5 Å². The highest BCUT2D eigenvalue weighted by molar-refractivity contribution is 7.71. The SMILES string of the molecule is O=c1c(Cc2ccc(Cl)cc2Cl)n[nH]c(=S)n1/N=C/c1ccc(F)c(Oc2ccccc2)c1. The molecule has 0 saturated carbocycles. The van der Waals surface area contributed by atoms with Gasteiger partial charge in [-0.2, -0.15) is 14.9 Å². The maximum absolute atomic E-state index is 14.2. The standard InChI is InChI=1S/C23H15Cl2FN4O2S/c24-16-8-7-15(18(25)12-16)11-20-22(31)30(23(33)29-28-20)27-13-14-6-9-19(26)21(10-14)32-17-4-2-1-3-5-17/h1-10,12-13H,11H2,(H,29,33)/b27-13+. The van der Waals surface area contributed by atoms with E-state index in [-0.39, 0.29) is 22.6 Å². The van der Waals surface area contributed by atoms with Gasteiger partial charge < -0.3 is 4.74 Å². The van der Waals surface area contributed by atoms with E-state index in [2.05, 4.69) is 15.3 Å². The maximum Gasteiger partial charge on any atom is 0.297 e. The fourth-order valence-electron chi connectivity index (χ4n) is 2.91. The van der Waals surface area contributed by atoms with E-state index in [1.54, 1.807) is 42.5 Å². The molecule has 0 fully saturated rings. The lowest BCUT2D eigenvalue weighted by atomic mass is 10.1. The summed E-state index contributed by atoms with van der Waals surface area (Å²) in [5, 5.41) is 11.7. The summed E-state index contributed by atoms with van der Waals surface area (Å²) in [4.78, 5) is 12.9. The predicted octanol–water partition coefficient (Wildman–Crippen LogP) is 6.01. The van der Waals surface area contributed by atoms with E-state index >= 15 is 0 Å². The highest BCUT2D eigenvalue weighted by Gasteiger charge is 2.11. The summed E-state index contributed by atoms with van der Waals surface area (Å²) in [7, 11) is 0. The normalized spacial score (nSPS) is 11.1. The Morgan fingerprint density at radius 2 is 1.91 bits per heavy atom. The number of nitrogens with one attached hydrogen (secondary N) is 1. The Labute approximate surface area is 202 Å². The van der Waals surface area contributed by atoms with Crippen LogP contribution >= 0.6 is 35.4 Å². The average Bonchev–Trinajstić information content (AvgIpc) is 2.80. The third-order valence-corrected chi connectivity index (χ3v) is 5.39. The van der Waals surface area contributed by atoms with Crippen LogP contribution in [-0.4, -0.2) is 21.1 Å². The third-order valence-electron chi connectivity index (χ3n) is 4.54. The molecule has 33 heavy (non-hydrogen) atoms. The lowest BCUT2D eigenvalue weighted by Crippen LogP contribution is -2.25. The smallest absolute Gasteiger partial charge is 0.297 e. The summed E-state index contributed by atoms with van der Waals surface area (Å²) >= 11 is 17.3. The van der Waals surface area contributed by atoms with Gasteiger partial charge in [-0.15, -0.1) is 0 Å². The topological polar surface area (TPSA) is 72.3 Å². The minimum atomic E-state index is -0.531. The van der Waals surface area contributed by atoms with Crippen LogP contribution in [0.1, 0.15) is 16.8 Å². The van der Waals surface area contributed by atoms with E-state index in [0.29, 0.717) is 26.9 Å². The van der Waals surface area contributed by atoms with Crippen LogP contribution in [0.4, 0.5) is 4.39 Å². The zero-order valence-corrected chi connectivity index (χ0v) is 19.2. The predicted molar refractivity (Wildman–Crippen MR) is 129 cm³/mol. The number of hydrogen-bond donors (Lipinski definition) is 1. The number of aromatic nitrogens is 3. The molecule has 10 heteroatoms. The molecule has 0 saturated heterocycles. The minimum Gasteiger partial charge on any atom is -0.454 e. The second-order valence-corrected chi connectivity index (χ2v) is 8.08. The molecule has 0 amide bonds. The molecule has 0 spiro atoms. The zero-order valence-electron chi connectivity index (χ0n) is 16.8. The first kappa shape index (κ1) is 22.8. The summed E-state index contributed by atoms with van der Waals surface area (Å²) in [6.45, 7) is 0. The van der Waals surface area contributed by atoms with Crippen LogP contribution in [-0.2, 0) is 6.42 Å². The molecule has 6 nitrogen and oxygen atoms in total. The maximum atomic E-state index is 14.2. The Morgan fingerprint density at radius 3 is 2.67 bits per heavy atom. The molecular formula is C23H15Cl2FN4O2S. The molecule has 0 aliphatic carbocycles. The molecule has 1 aromatic heterocycles. The first-order valence-corrected chi connectivity index (χ1v) is 10.8. The van der Waals surface area contributed by atoms with Crippen molar-refractivity contribution in [1.29, 1.82) is 0 Å². The zero-order chi connectivity index (χ0) is 23.4. The fraction of sp³-hybridized carbons (Fsp3) is 0.0435. The van der Waals surface area contributed by atoms with Gasteiger partial charge in [0.05, 0.1) is 6.21 Å². The van der Waals surface area contributed by atoms with Crippen molar-refractivity contribution >= 4 is 41.6 Å². The quantitative estimate of drug-likeness (QED) is 0.259. The number of para-hydroxylation sites is 1. The van der Waals surface area contributed by atoms with Gasteiger partial charge in [-0.05, 0) is 59.7 Å². The number of benzene rings is 3. The summed E-state index contributed by atoms with van der Waals surface area (Å²) < 4.78 is 20.8. The van der Waals surface area contributed by atoms with Crippen molar-refractivity contribution in [2.75, 3.05) is 0 Å². The second-order valence-electron chi connectivity index (χ2n) is 6.85. The van der Waals surface area contributed by atoms with Crippen LogP contribution in [0.5, 0.6) is 11.5 Å². The van der Waals surface area contributed by atoms with E-state index in [9.17, 15) is 9.18 Å². The van der Waals surface area contributed by atoms with Crippen LogP contribution < -0.4 is 10.3 Å². The number of hydrogen-bond acceptors (Lipinski definition) is 5. The van der Waals surface area contributed by atoms with Crippen LogP contribution in [0.15, 0.2) is 76.6 Å². The molecule has 4 rings (SSSR count). The lowest BCUT2D eigenvalue weighted by molar-refractivity contribution is 0.442. The van der Waals surface area contributed by atoms with E-state index in [4.69, 9.17) is 40.2 Å². The molecule has 0 aliphatic rings. The average molecular weight is 501 g/mol. The Kier molecular flexibility index (Phi) is 6.98. The summed E-state index contributed by atoms with van der Waals surface area (Å²) in [5.41, 5.74) is 0.830. The monoisotopic (exact) mass is 500 g/mol. The number of aromatic amines is 1. The highest BCUT2D eigenvalue weighted by atomic mass is 35.5. The van der Waals surface area contributed by atoms with Crippen LogP contribution in [0, 0.1) is 10.6 Å². The third kappa shape index (κ3) is 5.54. The molecule has 0 bridgehead atoms. The van der Waals surface area contributed by atoms with E-state index in [0.717, 1.165) is 4.68 Å². The number of ether oxygens (including phenoxy) is 1. The molecule has 0 atom stereocenters. The molecule has 0 aliphatic heterocycles. The lowest BCUT2D eigenvalue weighted by Gasteiger charge is -2.07. The van der Waals surface area contributed by atoms with E-state index in [1.165, 1.54) is 24.4 Å². The van der Waals surface area contributed by atoms with E-state index < -0.39 is 11.4 Å². The van der Waals surface area contributed by atoms with Gasteiger partial charge >= 0.3 is 0 Å². The molecule has 3 aromatic carbocycles. The van der Waals surface area contributed by atoms with Crippen molar-refractivity contribution in [2.24, 2.45) is 5.10 Å². The van der Waals surface area contributed by atoms with Gasteiger partial charge in [-0.1, -0.05) is 53.5 Å². The van der Waals surface area contributed by atoms with Crippen LogP contribution in [0.25, 0.3) is 0 Å². The molecule has 1 N–H and O–H groups in total. The summed E-state index contributed by atoms with van der Waals surface area (Å²) in [6.07, 6.45) is 1.53. The molecule has 166 valence electrons. The second kappa shape index (κ2) is 10.1. The summed E-state index contributed by atoms with van der Waals surface area (Å²) in [5.74, 6) is -0.0178. The van der Waals surface area contributed by atoms with Crippen molar-refractivity contribution in [2.45, 2.75) is 6.42 Å². The number of halogens is 3. The van der Waals surface area contributed by atoms with Crippen LogP contribution in [0.2, 0.25) is 10.0 Å². The Bertz CT molecular complexity index is 1460. The first-order valence-electron chi connectivity index (χ1n) is 9.62. The van der Waals surface area contributed by atoms with Gasteiger partial charge in [-0.3, -0.25) is 9.89 Å². The van der Waals surface area contributed by atoms with Crippen molar-refractivity contribution in [3.05, 3.63) is 115 Å². The van der Waals surface area contributed by atoms with Gasteiger partial charge in [0.2, 0.25) is 4.77 Å². The molecule has 0 unspecified atom stereocenters. The number of nitrogens with zero attached hydrogens (tertiary/aromatic N) is 3. The Balaban J connectivity index is 1.62. The Morgan fingerprint density at radius 1 is 1.12 bits per heavy atom. The van der Waals surface area contributed by atoms with Crippen molar-refractivity contribution < 1.29 is 9.13 Å². The van der Waals surface area contributed by atoms with Gasteiger partial charge in [0.1, 0.15) is 11.4 Å². The van der Waals surface area contributed by atoms with Crippen molar-refractivity contribution in [1.82, 2.24) is 14.9 Å². The number of rotatable bonds is 6. The molecule has 1 heterocycles. The van der Waals surface area contributed by atoms with Crippen molar-refractivity contribution in [3.63, 3.8) is 0 Å². The molecular weight excluding hydrogens is 486 g/mol. The fourth-order valence-corrected chi connectivity index (χ4v) is 3.56. The van der Waals surface area contributed by atoms with E-state index in [1.807, 2.05) is 6.07 Å².